The molecule has 5 heteroatoms. The minimum absolute atomic E-state index is 0.0143. The Morgan fingerprint density at radius 2 is 1.82 bits per heavy atom. The Kier molecular flexibility index (Phi) is 5.25. The second-order valence-electron chi connectivity index (χ2n) is 4.95. The molecule has 2 rings (SSSR count). The number of nitrogens with one attached hydrogen (secondary N) is 1. The van der Waals surface area contributed by atoms with E-state index in [9.17, 15) is 19.1 Å². The van der Waals surface area contributed by atoms with Gasteiger partial charge in [0, 0.05) is 12.1 Å². The summed E-state index contributed by atoms with van der Waals surface area (Å²) in [5.74, 6) is -2.71. The number of carboxylic acids is 1. The quantitative estimate of drug-likeness (QED) is 0.861. The standard InChI is InChI=1S/C17H16FNO3/c18-15-8-4-7-13(10-15)16(20)19-11-14(17(21)22)9-12-5-2-1-3-6-12/h1-8,10,14H,9,11H2,(H,19,20)(H,21,22). The van der Waals surface area contributed by atoms with Gasteiger partial charge in [0.2, 0.25) is 0 Å². The second kappa shape index (κ2) is 7.36. The summed E-state index contributed by atoms with van der Waals surface area (Å²) in [4.78, 5) is 23.2. The molecule has 0 bridgehead atoms. The maximum absolute atomic E-state index is 13.1. The van der Waals surface area contributed by atoms with Crippen molar-refractivity contribution in [3.8, 4) is 0 Å². The van der Waals surface area contributed by atoms with Crippen LogP contribution in [0.15, 0.2) is 54.6 Å². The molecular weight excluding hydrogens is 285 g/mol. The summed E-state index contributed by atoms with van der Waals surface area (Å²) in [5, 5.41) is 11.8. The first-order chi connectivity index (χ1) is 10.6. The summed E-state index contributed by atoms with van der Waals surface area (Å²) in [7, 11) is 0. The summed E-state index contributed by atoms with van der Waals surface area (Å²) in [5.41, 5.74) is 1.05. The van der Waals surface area contributed by atoms with Gasteiger partial charge >= 0.3 is 5.97 Å². The Balaban J connectivity index is 1.97. The third-order valence-corrected chi connectivity index (χ3v) is 3.27. The monoisotopic (exact) mass is 301 g/mol. The third kappa shape index (κ3) is 4.41. The SMILES string of the molecule is O=C(NCC(Cc1ccccc1)C(=O)O)c1cccc(F)c1. The van der Waals surface area contributed by atoms with Crippen LogP contribution in [-0.4, -0.2) is 23.5 Å². The molecule has 2 N–H and O–H groups in total. The number of benzene rings is 2. The zero-order chi connectivity index (χ0) is 15.9. The summed E-state index contributed by atoms with van der Waals surface area (Å²) in [6, 6.07) is 14.5. The van der Waals surface area contributed by atoms with E-state index in [0.717, 1.165) is 11.6 Å². The van der Waals surface area contributed by atoms with Crippen molar-refractivity contribution in [2.75, 3.05) is 6.54 Å². The maximum Gasteiger partial charge on any atom is 0.308 e. The Morgan fingerprint density at radius 3 is 2.45 bits per heavy atom. The van der Waals surface area contributed by atoms with Crippen LogP contribution in [0.5, 0.6) is 0 Å². The van der Waals surface area contributed by atoms with E-state index in [2.05, 4.69) is 5.32 Å². The topological polar surface area (TPSA) is 66.4 Å². The van der Waals surface area contributed by atoms with Crippen LogP contribution < -0.4 is 5.32 Å². The van der Waals surface area contributed by atoms with Crippen molar-refractivity contribution in [1.82, 2.24) is 5.32 Å². The molecule has 1 atom stereocenters. The van der Waals surface area contributed by atoms with Crippen molar-refractivity contribution in [1.29, 1.82) is 0 Å². The third-order valence-electron chi connectivity index (χ3n) is 3.27. The predicted octanol–water partition coefficient (Wildman–Crippen LogP) is 2.50. The average Bonchev–Trinajstić information content (AvgIpc) is 2.51. The first-order valence-electron chi connectivity index (χ1n) is 6.87. The lowest BCUT2D eigenvalue weighted by Crippen LogP contribution is -2.34. The van der Waals surface area contributed by atoms with E-state index in [1.54, 1.807) is 0 Å². The summed E-state index contributed by atoms with van der Waals surface area (Å²) in [6.45, 7) is -0.0143. The van der Waals surface area contributed by atoms with Gasteiger partial charge in [-0.15, -0.1) is 0 Å². The van der Waals surface area contributed by atoms with Crippen molar-refractivity contribution in [3.05, 3.63) is 71.5 Å². The lowest BCUT2D eigenvalue weighted by molar-refractivity contribution is -0.141. The molecule has 2 aromatic carbocycles. The van der Waals surface area contributed by atoms with Gasteiger partial charge in [-0.3, -0.25) is 9.59 Å². The normalized spacial score (nSPS) is 11.7. The molecule has 0 heterocycles. The summed E-state index contributed by atoms with van der Waals surface area (Å²) < 4.78 is 13.1. The number of aliphatic carboxylic acids is 1. The molecule has 0 saturated heterocycles. The van der Waals surface area contributed by atoms with Crippen LogP contribution in [-0.2, 0) is 11.2 Å². The zero-order valence-electron chi connectivity index (χ0n) is 11.8. The van der Waals surface area contributed by atoms with E-state index in [0.29, 0.717) is 6.42 Å². The van der Waals surface area contributed by atoms with Crippen LogP contribution in [0.4, 0.5) is 4.39 Å². The molecule has 1 unspecified atom stereocenters. The first-order valence-corrected chi connectivity index (χ1v) is 6.87. The van der Waals surface area contributed by atoms with E-state index in [4.69, 9.17) is 0 Å². The van der Waals surface area contributed by atoms with Crippen molar-refractivity contribution in [2.24, 2.45) is 5.92 Å². The number of halogens is 1. The van der Waals surface area contributed by atoms with Gasteiger partial charge in [0.1, 0.15) is 5.82 Å². The van der Waals surface area contributed by atoms with E-state index in [1.807, 2.05) is 30.3 Å². The van der Waals surface area contributed by atoms with Gasteiger partial charge < -0.3 is 10.4 Å². The van der Waals surface area contributed by atoms with Gasteiger partial charge in [0.05, 0.1) is 5.92 Å². The fraction of sp³-hybridized carbons (Fsp3) is 0.176. The smallest absolute Gasteiger partial charge is 0.308 e. The van der Waals surface area contributed by atoms with Crippen molar-refractivity contribution in [2.45, 2.75) is 6.42 Å². The van der Waals surface area contributed by atoms with E-state index >= 15 is 0 Å². The van der Waals surface area contributed by atoms with Crippen LogP contribution in [0.25, 0.3) is 0 Å². The fourth-order valence-corrected chi connectivity index (χ4v) is 2.09. The summed E-state index contributed by atoms with van der Waals surface area (Å²) >= 11 is 0. The Bertz CT molecular complexity index is 658. The van der Waals surface area contributed by atoms with E-state index in [-0.39, 0.29) is 12.1 Å². The second-order valence-corrected chi connectivity index (χ2v) is 4.95. The molecule has 0 fully saturated rings. The molecule has 0 spiro atoms. The molecule has 0 aromatic heterocycles. The largest absolute Gasteiger partial charge is 0.481 e. The van der Waals surface area contributed by atoms with Crippen LogP contribution in [0.3, 0.4) is 0 Å². The number of rotatable bonds is 6. The number of hydrogen-bond donors (Lipinski definition) is 2. The van der Waals surface area contributed by atoms with Crippen molar-refractivity contribution in [3.63, 3.8) is 0 Å². The number of carbonyl (C=O) groups excluding carboxylic acids is 1. The fourth-order valence-electron chi connectivity index (χ4n) is 2.09. The van der Waals surface area contributed by atoms with Crippen LogP contribution in [0, 0.1) is 11.7 Å². The molecule has 2 aromatic rings. The molecule has 0 radical (unpaired) electrons. The van der Waals surface area contributed by atoms with E-state index < -0.39 is 23.6 Å². The highest BCUT2D eigenvalue weighted by Crippen LogP contribution is 2.09. The highest BCUT2D eigenvalue weighted by Gasteiger charge is 2.19. The first kappa shape index (κ1) is 15.7. The van der Waals surface area contributed by atoms with Gasteiger partial charge in [-0.1, -0.05) is 36.4 Å². The zero-order valence-corrected chi connectivity index (χ0v) is 11.8. The summed E-state index contributed by atoms with van der Waals surface area (Å²) in [6.07, 6.45) is 0.319. The molecular formula is C17H16FNO3. The van der Waals surface area contributed by atoms with Crippen LogP contribution >= 0.6 is 0 Å². The predicted molar refractivity (Wildman–Crippen MR) is 80.0 cm³/mol. The maximum atomic E-state index is 13.1. The molecule has 0 aliphatic heterocycles. The lowest BCUT2D eigenvalue weighted by Gasteiger charge is -2.13. The van der Waals surface area contributed by atoms with Crippen LogP contribution in [0.1, 0.15) is 15.9 Å². The molecule has 0 saturated carbocycles. The number of amides is 1. The van der Waals surface area contributed by atoms with Crippen molar-refractivity contribution >= 4 is 11.9 Å². The van der Waals surface area contributed by atoms with Crippen molar-refractivity contribution < 1.29 is 19.1 Å². The average molecular weight is 301 g/mol. The minimum atomic E-state index is -0.983. The van der Waals surface area contributed by atoms with Gasteiger partial charge in [0.15, 0.2) is 0 Å². The van der Waals surface area contributed by atoms with E-state index in [1.165, 1.54) is 18.2 Å². The van der Waals surface area contributed by atoms with Gasteiger partial charge in [-0.2, -0.15) is 0 Å². The molecule has 4 nitrogen and oxygen atoms in total. The number of carboxylic acid groups (broad SMARTS) is 1. The Labute approximate surface area is 127 Å². The lowest BCUT2D eigenvalue weighted by atomic mass is 9.99. The minimum Gasteiger partial charge on any atom is -0.481 e. The highest BCUT2D eigenvalue weighted by atomic mass is 19.1. The highest BCUT2D eigenvalue weighted by molar-refractivity contribution is 5.94. The number of hydrogen-bond acceptors (Lipinski definition) is 2. The molecule has 1 amide bonds. The Hall–Kier alpha value is -2.69. The molecule has 0 aliphatic rings. The van der Waals surface area contributed by atoms with Gasteiger partial charge in [0.25, 0.3) is 5.91 Å². The van der Waals surface area contributed by atoms with Crippen LogP contribution in [0.2, 0.25) is 0 Å². The molecule has 114 valence electrons. The Morgan fingerprint density at radius 1 is 1.09 bits per heavy atom. The molecule has 0 aliphatic carbocycles. The molecule has 22 heavy (non-hydrogen) atoms. The van der Waals surface area contributed by atoms with Gasteiger partial charge in [-0.05, 0) is 30.2 Å². The number of carbonyl (C=O) groups is 2. The van der Waals surface area contributed by atoms with Gasteiger partial charge in [-0.25, -0.2) is 4.39 Å².